The van der Waals surface area contributed by atoms with Gasteiger partial charge in [-0.3, -0.25) is 0 Å². The second kappa shape index (κ2) is 4.48. The summed E-state index contributed by atoms with van der Waals surface area (Å²) >= 11 is 17.3. The highest BCUT2D eigenvalue weighted by atomic mass is 35.5. The highest BCUT2D eigenvalue weighted by Crippen LogP contribution is 2.43. The summed E-state index contributed by atoms with van der Waals surface area (Å²) in [5.74, 6) is 0. The molecule has 1 aliphatic rings. The van der Waals surface area contributed by atoms with Crippen LogP contribution in [0.3, 0.4) is 0 Å². The van der Waals surface area contributed by atoms with Crippen molar-refractivity contribution in [1.82, 2.24) is 0 Å². The van der Waals surface area contributed by atoms with Crippen LogP contribution in [-0.2, 0) is 9.84 Å². The van der Waals surface area contributed by atoms with Gasteiger partial charge in [0.2, 0.25) is 0 Å². The Kier molecular flexibility index (Phi) is 4.00. The van der Waals surface area contributed by atoms with E-state index in [-0.39, 0.29) is 21.6 Å². The standard InChI is InChI=1S/C8H10Cl3NO3S/c1-16(14,15)8(3-12)5(13)2-4(9)6(10)7(8)11/h2,5,13H,3,12H2,1H3. The van der Waals surface area contributed by atoms with Gasteiger partial charge in [-0.1, -0.05) is 34.8 Å². The monoisotopic (exact) mass is 305 g/mol. The lowest BCUT2D eigenvalue weighted by molar-refractivity contribution is 0.187. The summed E-state index contributed by atoms with van der Waals surface area (Å²) in [4.78, 5) is 0. The van der Waals surface area contributed by atoms with Crippen molar-refractivity contribution < 1.29 is 13.5 Å². The molecule has 3 N–H and O–H groups in total. The summed E-state index contributed by atoms with van der Waals surface area (Å²) < 4.78 is 21.6. The lowest BCUT2D eigenvalue weighted by Gasteiger charge is -2.36. The van der Waals surface area contributed by atoms with Crippen LogP contribution in [0.15, 0.2) is 21.2 Å². The summed E-state index contributed by atoms with van der Waals surface area (Å²) in [5.41, 5.74) is 5.42. The van der Waals surface area contributed by atoms with Crippen LogP contribution in [0, 0.1) is 0 Å². The molecule has 0 saturated carbocycles. The zero-order chi connectivity index (χ0) is 12.7. The van der Waals surface area contributed by atoms with Crippen LogP contribution in [-0.4, -0.2) is 37.2 Å². The first kappa shape index (κ1) is 14.3. The third kappa shape index (κ3) is 1.89. The molecule has 0 radical (unpaired) electrons. The Morgan fingerprint density at radius 3 is 2.38 bits per heavy atom. The van der Waals surface area contributed by atoms with Crippen LogP contribution in [0.1, 0.15) is 0 Å². The summed E-state index contributed by atoms with van der Waals surface area (Å²) in [6, 6.07) is 0. The van der Waals surface area contributed by atoms with E-state index in [1.54, 1.807) is 0 Å². The topological polar surface area (TPSA) is 80.4 Å². The molecule has 0 bridgehead atoms. The molecule has 1 rings (SSSR count). The number of aliphatic hydroxyl groups is 1. The van der Waals surface area contributed by atoms with Gasteiger partial charge in [0, 0.05) is 12.8 Å². The van der Waals surface area contributed by atoms with Crippen molar-refractivity contribution in [3.8, 4) is 0 Å². The molecule has 2 unspecified atom stereocenters. The fourth-order valence-corrected chi connectivity index (χ4v) is 4.01. The molecule has 0 fully saturated rings. The van der Waals surface area contributed by atoms with Gasteiger partial charge >= 0.3 is 0 Å². The van der Waals surface area contributed by atoms with Gasteiger partial charge in [-0.15, -0.1) is 0 Å². The van der Waals surface area contributed by atoms with Crippen molar-refractivity contribution in [1.29, 1.82) is 0 Å². The van der Waals surface area contributed by atoms with E-state index >= 15 is 0 Å². The Labute approximate surface area is 109 Å². The molecule has 0 amide bonds. The lowest BCUT2D eigenvalue weighted by atomic mass is 9.96. The molecule has 0 aromatic carbocycles. The van der Waals surface area contributed by atoms with E-state index in [2.05, 4.69) is 0 Å². The summed E-state index contributed by atoms with van der Waals surface area (Å²) in [6.07, 6.45) is 0.627. The summed E-state index contributed by atoms with van der Waals surface area (Å²) in [5, 5.41) is 9.47. The maximum absolute atomic E-state index is 11.7. The zero-order valence-electron chi connectivity index (χ0n) is 8.25. The number of sulfone groups is 1. The second-order valence-electron chi connectivity index (χ2n) is 3.45. The van der Waals surface area contributed by atoms with Crippen LogP contribution >= 0.6 is 34.8 Å². The molecule has 0 spiro atoms. The number of allylic oxidation sites excluding steroid dienone is 2. The van der Waals surface area contributed by atoms with Crippen LogP contribution in [0.25, 0.3) is 0 Å². The van der Waals surface area contributed by atoms with Gasteiger partial charge in [0.1, 0.15) is 0 Å². The molecule has 0 aromatic rings. The number of aliphatic hydroxyl groups excluding tert-OH is 1. The van der Waals surface area contributed by atoms with Crippen LogP contribution in [0.4, 0.5) is 0 Å². The third-order valence-electron chi connectivity index (χ3n) is 2.52. The number of hydrogen-bond donors (Lipinski definition) is 2. The van der Waals surface area contributed by atoms with Gasteiger partial charge in [-0.05, 0) is 6.08 Å². The number of rotatable bonds is 2. The Morgan fingerprint density at radius 1 is 1.50 bits per heavy atom. The highest BCUT2D eigenvalue weighted by molar-refractivity contribution is 7.92. The minimum Gasteiger partial charge on any atom is -0.387 e. The molecular weight excluding hydrogens is 297 g/mol. The van der Waals surface area contributed by atoms with Gasteiger partial charge in [0.25, 0.3) is 0 Å². The molecule has 4 nitrogen and oxygen atoms in total. The molecule has 8 heteroatoms. The quantitative estimate of drug-likeness (QED) is 0.795. The minimum atomic E-state index is -3.74. The maximum Gasteiger partial charge on any atom is 0.162 e. The highest BCUT2D eigenvalue weighted by Gasteiger charge is 2.51. The lowest BCUT2D eigenvalue weighted by Crippen LogP contribution is -2.55. The molecule has 0 heterocycles. The molecule has 2 atom stereocenters. The molecule has 0 saturated heterocycles. The average Bonchev–Trinajstić information content (AvgIpc) is 2.13. The Hall–Kier alpha value is 0.220. The first-order valence-electron chi connectivity index (χ1n) is 4.19. The fourth-order valence-electron chi connectivity index (χ4n) is 1.51. The largest absolute Gasteiger partial charge is 0.387 e. The molecule has 0 aliphatic heterocycles. The molecule has 1 aliphatic carbocycles. The predicted molar refractivity (Wildman–Crippen MR) is 65.3 cm³/mol. The van der Waals surface area contributed by atoms with E-state index in [1.807, 2.05) is 0 Å². The van der Waals surface area contributed by atoms with Crippen LogP contribution in [0.5, 0.6) is 0 Å². The molecular formula is C8H10Cl3NO3S. The first-order valence-corrected chi connectivity index (χ1v) is 7.22. The number of nitrogens with two attached hydrogens (primary N) is 1. The maximum atomic E-state index is 11.7. The van der Waals surface area contributed by atoms with E-state index in [0.29, 0.717) is 0 Å². The van der Waals surface area contributed by atoms with E-state index in [9.17, 15) is 13.5 Å². The summed E-state index contributed by atoms with van der Waals surface area (Å²) in [7, 11) is -3.74. The van der Waals surface area contributed by atoms with E-state index in [1.165, 1.54) is 0 Å². The van der Waals surface area contributed by atoms with Gasteiger partial charge < -0.3 is 10.8 Å². The summed E-state index contributed by atoms with van der Waals surface area (Å²) in [6.45, 7) is -0.386. The van der Waals surface area contributed by atoms with Crippen molar-refractivity contribution >= 4 is 44.6 Å². The SMILES string of the molecule is CS(=O)(=O)C1(CN)C(Cl)=C(Cl)C(Cl)=CC1O. The molecule has 92 valence electrons. The average molecular weight is 307 g/mol. The van der Waals surface area contributed by atoms with Gasteiger partial charge in [-0.2, -0.15) is 0 Å². The second-order valence-corrected chi connectivity index (χ2v) is 6.89. The molecule has 16 heavy (non-hydrogen) atoms. The normalized spacial score (nSPS) is 31.6. The zero-order valence-corrected chi connectivity index (χ0v) is 11.3. The van der Waals surface area contributed by atoms with Gasteiger partial charge in [-0.25, -0.2) is 8.42 Å². The first-order chi connectivity index (χ1) is 7.18. The number of halogens is 3. The van der Waals surface area contributed by atoms with Gasteiger partial charge in [0.05, 0.1) is 21.2 Å². The van der Waals surface area contributed by atoms with Crippen molar-refractivity contribution in [2.75, 3.05) is 12.8 Å². The Balaban J connectivity index is 3.56. The van der Waals surface area contributed by atoms with E-state index in [0.717, 1.165) is 12.3 Å². The van der Waals surface area contributed by atoms with Crippen molar-refractivity contribution in [2.24, 2.45) is 5.73 Å². The van der Waals surface area contributed by atoms with Crippen molar-refractivity contribution in [3.05, 3.63) is 21.2 Å². The minimum absolute atomic E-state index is 0.00638. The van der Waals surface area contributed by atoms with E-state index in [4.69, 9.17) is 40.5 Å². The smallest absolute Gasteiger partial charge is 0.162 e. The predicted octanol–water partition coefficient (Wildman–Crippen LogP) is 0.915. The van der Waals surface area contributed by atoms with Crippen LogP contribution in [0.2, 0.25) is 0 Å². The third-order valence-corrected chi connectivity index (χ3v) is 6.00. The van der Waals surface area contributed by atoms with E-state index < -0.39 is 20.7 Å². The molecule has 0 aromatic heterocycles. The number of hydrogen-bond acceptors (Lipinski definition) is 4. The van der Waals surface area contributed by atoms with Gasteiger partial charge in [0.15, 0.2) is 14.6 Å². The Bertz CT molecular complexity index is 471. The van der Waals surface area contributed by atoms with Crippen molar-refractivity contribution in [3.63, 3.8) is 0 Å². The van der Waals surface area contributed by atoms with Crippen molar-refractivity contribution in [2.45, 2.75) is 10.9 Å². The Morgan fingerprint density at radius 2 is 2.00 bits per heavy atom. The van der Waals surface area contributed by atoms with Crippen LogP contribution < -0.4 is 5.73 Å². The fraction of sp³-hybridized carbons (Fsp3) is 0.500.